The summed E-state index contributed by atoms with van der Waals surface area (Å²) in [5.74, 6) is 1.17. The second-order valence-corrected chi connectivity index (χ2v) is 7.66. The van der Waals surface area contributed by atoms with Crippen LogP contribution in [0.1, 0.15) is 20.3 Å². The van der Waals surface area contributed by atoms with Crippen LogP contribution in [-0.2, 0) is 9.59 Å². The predicted octanol–water partition coefficient (Wildman–Crippen LogP) is 4.07. The van der Waals surface area contributed by atoms with E-state index in [4.69, 9.17) is 9.47 Å². The maximum absolute atomic E-state index is 12.7. The Kier molecular flexibility index (Phi) is 7.35. The molecule has 1 atom stereocenters. The largest absolute Gasteiger partial charge is 0.497 e. The summed E-state index contributed by atoms with van der Waals surface area (Å²) >= 11 is 1.32. The highest BCUT2D eigenvalue weighted by molar-refractivity contribution is 8.15. The van der Waals surface area contributed by atoms with Gasteiger partial charge in [-0.05, 0) is 62.4 Å². The van der Waals surface area contributed by atoms with Crippen LogP contribution >= 0.6 is 11.8 Å². The minimum atomic E-state index is -0.496. The van der Waals surface area contributed by atoms with Gasteiger partial charge in [-0.1, -0.05) is 11.8 Å². The monoisotopic (exact) mass is 427 g/mol. The van der Waals surface area contributed by atoms with Crippen molar-refractivity contribution in [2.75, 3.05) is 25.6 Å². The summed E-state index contributed by atoms with van der Waals surface area (Å²) in [7, 11) is 1.61. The fourth-order valence-electron chi connectivity index (χ4n) is 2.96. The molecule has 1 fully saturated rings. The highest BCUT2D eigenvalue weighted by Gasteiger charge is 2.38. The zero-order chi connectivity index (χ0) is 21.5. The molecule has 0 unspecified atom stereocenters. The van der Waals surface area contributed by atoms with E-state index < -0.39 is 5.25 Å². The van der Waals surface area contributed by atoms with Crippen molar-refractivity contribution in [2.45, 2.75) is 25.5 Å². The third-order valence-corrected chi connectivity index (χ3v) is 5.63. The minimum absolute atomic E-state index is 0.0782. The summed E-state index contributed by atoms with van der Waals surface area (Å²) in [4.78, 5) is 31.4. The summed E-state index contributed by atoms with van der Waals surface area (Å²) < 4.78 is 10.6. The van der Waals surface area contributed by atoms with E-state index in [2.05, 4.69) is 10.3 Å². The van der Waals surface area contributed by atoms with Crippen molar-refractivity contribution in [2.24, 2.45) is 4.99 Å². The molecule has 0 aromatic heterocycles. The zero-order valence-electron chi connectivity index (χ0n) is 17.3. The second kappa shape index (κ2) is 10.2. The van der Waals surface area contributed by atoms with Gasteiger partial charge in [0.15, 0.2) is 5.17 Å². The fraction of sp³-hybridized carbons (Fsp3) is 0.318. The first-order valence-electron chi connectivity index (χ1n) is 9.77. The van der Waals surface area contributed by atoms with Gasteiger partial charge in [0.2, 0.25) is 11.8 Å². The van der Waals surface area contributed by atoms with Gasteiger partial charge in [0.1, 0.15) is 16.7 Å². The number of nitrogens with zero attached hydrogens (tertiary/aromatic N) is 2. The van der Waals surface area contributed by atoms with Gasteiger partial charge in [0.05, 0.1) is 19.4 Å². The van der Waals surface area contributed by atoms with Crippen molar-refractivity contribution in [3.8, 4) is 11.5 Å². The third kappa shape index (κ3) is 5.33. The van der Waals surface area contributed by atoms with Crippen molar-refractivity contribution in [1.82, 2.24) is 4.90 Å². The molecule has 8 heteroatoms. The van der Waals surface area contributed by atoms with E-state index in [1.165, 1.54) is 11.8 Å². The maximum atomic E-state index is 12.7. The number of hydrogen-bond donors (Lipinski definition) is 1. The molecule has 2 aromatic rings. The number of amidine groups is 1. The van der Waals surface area contributed by atoms with Crippen LogP contribution in [-0.4, -0.2) is 47.4 Å². The number of anilines is 1. The van der Waals surface area contributed by atoms with Crippen LogP contribution in [0.5, 0.6) is 11.5 Å². The van der Waals surface area contributed by atoms with E-state index in [1.807, 2.05) is 38.1 Å². The van der Waals surface area contributed by atoms with E-state index in [-0.39, 0.29) is 18.2 Å². The van der Waals surface area contributed by atoms with Gasteiger partial charge < -0.3 is 14.8 Å². The molecule has 1 aliphatic heterocycles. The van der Waals surface area contributed by atoms with Gasteiger partial charge in [-0.3, -0.25) is 14.5 Å². The van der Waals surface area contributed by atoms with Gasteiger partial charge in [-0.2, -0.15) is 0 Å². The standard InChI is InChI=1S/C22H25N3O4S/c1-4-25-21(27)19(30-22(25)24-16-6-10-17(28-3)11-7-16)14-20(26)23-15-8-12-18(13-9-15)29-5-2/h6-13,19H,4-5,14H2,1-3H3,(H,23,26)/t19-/m0/s1. The molecule has 1 N–H and O–H groups in total. The molecule has 30 heavy (non-hydrogen) atoms. The third-order valence-electron chi connectivity index (χ3n) is 4.45. The molecule has 0 spiro atoms. The number of amides is 2. The molecule has 0 aliphatic carbocycles. The number of rotatable bonds is 8. The molecule has 0 saturated carbocycles. The molecule has 2 amide bonds. The fourth-order valence-corrected chi connectivity index (χ4v) is 4.19. The Morgan fingerprint density at radius 3 is 2.37 bits per heavy atom. The van der Waals surface area contributed by atoms with Gasteiger partial charge in [-0.15, -0.1) is 0 Å². The number of thioether (sulfide) groups is 1. The number of carbonyl (C=O) groups is 2. The maximum Gasteiger partial charge on any atom is 0.242 e. The second-order valence-electron chi connectivity index (χ2n) is 6.49. The van der Waals surface area contributed by atoms with Gasteiger partial charge in [-0.25, -0.2) is 4.99 Å². The normalized spacial score (nSPS) is 17.3. The average molecular weight is 428 g/mol. The Morgan fingerprint density at radius 2 is 1.77 bits per heavy atom. The Balaban J connectivity index is 1.64. The molecular formula is C22H25N3O4S. The first kappa shape index (κ1) is 21.7. The Bertz CT molecular complexity index is 913. The molecule has 0 bridgehead atoms. The molecule has 1 aliphatic rings. The molecule has 3 rings (SSSR count). The first-order valence-corrected chi connectivity index (χ1v) is 10.7. The van der Waals surface area contributed by atoms with Gasteiger partial charge >= 0.3 is 0 Å². The summed E-state index contributed by atoms with van der Waals surface area (Å²) in [5.41, 5.74) is 1.39. The van der Waals surface area contributed by atoms with Crippen LogP contribution < -0.4 is 14.8 Å². The van der Waals surface area contributed by atoms with Crippen molar-refractivity contribution in [3.63, 3.8) is 0 Å². The van der Waals surface area contributed by atoms with Gasteiger partial charge in [0.25, 0.3) is 0 Å². The average Bonchev–Trinajstić information content (AvgIpc) is 3.04. The molecule has 2 aromatic carbocycles. The lowest BCUT2D eigenvalue weighted by atomic mass is 10.2. The molecule has 1 saturated heterocycles. The lowest BCUT2D eigenvalue weighted by molar-refractivity contribution is -0.128. The van der Waals surface area contributed by atoms with Crippen LogP contribution in [0.25, 0.3) is 0 Å². The lowest BCUT2D eigenvalue weighted by Crippen LogP contribution is -2.33. The Morgan fingerprint density at radius 1 is 1.10 bits per heavy atom. The van der Waals surface area contributed by atoms with Crippen LogP contribution in [0.2, 0.25) is 0 Å². The number of ether oxygens (including phenoxy) is 2. The molecule has 1 heterocycles. The number of methoxy groups -OCH3 is 1. The predicted molar refractivity (Wildman–Crippen MR) is 120 cm³/mol. The van der Waals surface area contributed by atoms with Crippen LogP contribution in [0.15, 0.2) is 53.5 Å². The van der Waals surface area contributed by atoms with Crippen molar-refractivity contribution in [3.05, 3.63) is 48.5 Å². The van der Waals surface area contributed by atoms with E-state index >= 15 is 0 Å². The summed E-state index contributed by atoms with van der Waals surface area (Å²) in [5, 5.41) is 2.94. The Labute approximate surface area is 180 Å². The quantitative estimate of drug-likeness (QED) is 0.687. The number of hydrogen-bond acceptors (Lipinski definition) is 6. The van der Waals surface area contributed by atoms with Crippen LogP contribution in [0, 0.1) is 0 Å². The lowest BCUT2D eigenvalue weighted by Gasteiger charge is -2.13. The summed E-state index contributed by atoms with van der Waals surface area (Å²) in [6.07, 6.45) is 0.0782. The molecular weight excluding hydrogens is 402 g/mol. The number of aliphatic imine (C=N–C) groups is 1. The number of nitrogens with one attached hydrogen (secondary N) is 1. The molecule has 7 nitrogen and oxygen atoms in total. The topological polar surface area (TPSA) is 80.2 Å². The SMILES string of the molecule is CCOc1ccc(NC(=O)C[C@@H]2SC(=Nc3ccc(OC)cc3)N(CC)C2=O)cc1. The van der Waals surface area contributed by atoms with E-state index in [1.54, 1.807) is 36.3 Å². The highest BCUT2D eigenvalue weighted by atomic mass is 32.2. The van der Waals surface area contributed by atoms with Crippen molar-refractivity contribution < 1.29 is 19.1 Å². The Hall–Kier alpha value is -3.00. The smallest absolute Gasteiger partial charge is 0.242 e. The van der Waals surface area contributed by atoms with Crippen LogP contribution in [0.4, 0.5) is 11.4 Å². The first-order chi connectivity index (χ1) is 14.5. The summed E-state index contributed by atoms with van der Waals surface area (Å²) in [6.45, 7) is 4.89. The molecule has 0 radical (unpaired) electrons. The van der Waals surface area contributed by atoms with Crippen molar-refractivity contribution >= 4 is 40.1 Å². The highest BCUT2D eigenvalue weighted by Crippen LogP contribution is 2.32. The molecule has 158 valence electrons. The van der Waals surface area contributed by atoms with Crippen molar-refractivity contribution in [1.29, 1.82) is 0 Å². The zero-order valence-corrected chi connectivity index (χ0v) is 18.1. The van der Waals surface area contributed by atoms with Crippen LogP contribution in [0.3, 0.4) is 0 Å². The van der Waals surface area contributed by atoms with E-state index in [0.717, 1.165) is 17.2 Å². The number of carbonyl (C=O) groups excluding carboxylic acids is 2. The van der Waals surface area contributed by atoms with E-state index in [9.17, 15) is 9.59 Å². The minimum Gasteiger partial charge on any atom is -0.497 e. The van der Waals surface area contributed by atoms with Gasteiger partial charge in [0, 0.05) is 18.7 Å². The number of benzene rings is 2. The summed E-state index contributed by atoms with van der Waals surface area (Å²) in [6, 6.07) is 14.5. The van der Waals surface area contributed by atoms with E-state index in [0.29, 0.717) is 24.0 Å².